The molecule has 9 nitrogen and oxygen atoms in total. The van der Waals surface area contributed by atoms with Crippen LogP contribution in [0.4, 0.5) is 18.9 Å². The van der Waals surface area contributed by atoms with Crippen molar-refractivity contribution in [2.75, 3.05) is 17.9 Å². The Morgan fingerprint density at radius 2 is 1.92 bits per heavy atom. The van der Waals surface area contributed by atoms with Gasteiger partial charge in [-0.25, -0.2) is 0 Å². The third-order valence-electron chi connectivity index (χ3n) is 5.05. The molecule has 1 aromatic heterocycles. The normalized spacial score (nSPS) is 12.5. The lowest BCUT2D eigenvalue weighted by Crippen LogP contribution is -2.24. The molecule has 0 aliphatic carbocycles. The lowest BCUT2D eigenvalue weighted by atomic mass is 10.2. The van der Waals surface area contributed by atoms with E-state index in [-0.39, 0.29) is 35.7 Å². The van der Waals surface area contributed by atoms with Crippen LogP contribution in [0, 0.1) is 0 Å². The molecule has 2 aromatic carbocycles. The number of rotatable bonds is 8. The number of fused-ring (bicyclic) bond motifs is 1. The number of nitrogens with zero attached hydrogens (tertiary/aromatic N) is 3. The molecule has 2 N–H and O–H groups in total. The average Bonchev–Trinajstić information content (AvgIpc) is 3.47. The molecule has 1 aliphatic rings. The lowest BCUT2D eigenvalue weighted by molar-refractivity contribution is -0.137. The minimum atomic E-state index is -4.56. The zero-order valence-corrected chi connectivity index (χ0v) is 20.3. The summed E-state index contributed by atoms with van der Waals surface area (Å²) in [6.07, 6.45) is -4.56. The van der Waals surface area contributed by atoms with Gasteiger partial charge in [-0.3, -0.25) is 9.59 Å². The zero-order valence-electron chi connectivity index (χ0n) is 18.7. The first kappa shape index (κ1) is 25.6. The topological polar surface area (TPSA) is 107 Å². The number of halogens is 4. The molecule has 0 fully saturated rings. The molecule has 0 atom stereocenters. The van der Waals surface area contributed by atoms with Gasteiger partial charge < -0.3 is 24.7 Å². The Kier molecular flexibility index (Phi) is 7.59. The van der Waals surface area contributed by atoms with E-state index in [4.69, 9.17) is 21.1 Å². The van der Waals surface area contributed by atoms with Gasteiger partial charge in [0.25, 0.3) is 5.91 Å². The smallest absolute Gasteiger partial charge is 0.416 e. The molecule has 4 rings (SSSR count). The first-order valence-electron chi connectivity index (χ1n) is 10.5. The summed E-state index contributed by atoms with van der Waals surface area (Å²) in [7, 11) is 0. The van der Waals surface area contributed by atoms with Crippen molar-refractivity contribution < 1.29 is 32.2 Å². The molecule has 0 spiro atoms. The number of amides is 2. The number of anilines is 1. The van der Waals surface area contributed by atoms with E-state index in [1.54, 1.807) is 22.8 Å². The minimum Gasteiger partial charge on any atom is -0.454 e. The van der Waals surface area contributed by atoms with Crippen LogP contribution < -0.4 is 20.1 Å². The van der Waals surface area contributed by atoms with Gasteiger partial charge in [-0.1, -0.05) is 23.4 Å². The summed E-state index contributed by atoms with van der Waals surface area (Å²) in [5.41, 5.74) is -0.671. The first-order chi connectivity index (χ1) is 17.2. The van der Waals surface area contributed by atoms with Gasteiger partial charge in [0.1, 0.15) is 0 Å². The van der Waals surface area contributed by atoms with Crippen LogP contribution in [0.5, 0.6) is 11.5 Å². The van der Waals surface area contributed by atoms with E-state index in [1.165, 1.54) is 0 Å². The SMILES string of the molecule is CCn1c(CNC(=O)c2ccc3c(c2)OCO3)nnc1SCC(=O)Nc1cc(C(F)(F)F)ccc1Cl. The van der Waals surface area contributed by atoms with Crippen molar-refractivity contribution in [1.29, 1.82) is 0 Å². The minimum absolute atomic E-state index is 0.0152. The number of carbonyl (C=O) groups is 2. The predicted molar refractivity (Wildman–Crippen MR) is 125 cm³/mol. The second-order valence-corrected chi connectivity index (χ2v) is 8.77. The summed E-state index contributed by atoms with van der Waals surface area (Å²) in [4.78, 5) is 24.9. The molecule has 190 valence electrons. The van der Waals surface area contributed by atoms with Crippen LogP contribution >= 0.6 is 23.4 Å². The van der Waals surface area contributed by atoms with Gasteiger partial charge in [-0.15, -0.1) is 10.2 Å². The highest BCUT2D eigenvalue weighted by Gasteiger charge is 2.31. The molecule has 0 radical (unpaired) electrons. The number of alkyl halides is 3. The number of hydrogen-bond donors (Lipinski definition) is 2. The lowest BCUT2D eigenvalue weighted by Gasteiger charge is -2.12. The summed E-state index contributed by atoms with van der Waals surface area (Å²) in [5, 5.41) is 13.7. The van der Waals surface area contributed by atoms with E-state index in [1.807, 2.05) is 6.92 Å². The van der Waals surface area contributed by atoms with E-state index in [2.05, 4.69) is 20.8 Å². The van der Waals surface area contributed by atoms with E-state index in [0.29, 0.717) is 34.6 Å². The number of thioether (sulfide) groups is 1. The fourth-order valence-corrected chi connectivity index (χ4v) is 4.27. The number of ether oxygens (including phenoxy) is 2. The van der Waals surface area contributed by atoms with Crippen molar-refractivity contribution >= 4 is 40.9 Å². The highest BCUT2D eigenvalue weighted by Crippen LogP contribution is 2.34. The standard InChI is InChI=1S/C22H19ClF3N5O4S/c1-2-31-18(9-27-20(33)12-3-6-16-17(7-12)35-11-34-16)29-30-21(31)36-10-19(32)28-15-8-13(22(24,25)26)4-5-14(15)23/h3-8H,2,9-11H2,1H3,(H,27,33)(H,28,32). The second kappa shape index (κ2) is 10.7. The van der Waals surface area contributed by atoms with Gasteiger partial charge in [0.2, 0.25) is 12.7 Å². The third-order valence-corrected chi connectivity index (χ3v) is 6.35. The second-order valence-electron chi connectivity index (χ2n) is 7.42. The van der Waals surface area contributed by atoms with E-state index >= 15 is 0 Å². The maximum atomic E-state index is 12.9. The molecule has 1 aliphatic heterocycles. The number of hydrogen-bond acceptors (Lipinski definition) is 7. The summed E-state index contributed by atoms with van der Waals surface area (Å²) in [6.45, 7) is 2.50. The molecular formula is C22H19ClF3N5O4S. The molecule has 0 saturated carbocycles. The molecule has 3 aromatic rings. The third kappa shape index (κ3) is 5.85. The zero-order chi connectivity index (χ0) is 25.9. The van der Waals surface area contributed by atoms with Crippen molar-refractivity contribution in [3.63, 3.8) is 0 Å². The Morgan fingerprint density at radius 3 is 2.67 bits per heavy atom. The molecule has 14 heteroatoms. The van der Waals surface area contributed by atoms with Gasteiger partial charge in [-0.05, 0) is 43.3 Å². The van der Waals surface area contributed by atoms with E-state index in [0.717, 1.165) is 30.0 Å². The van der Waals surface area contributed by atoms with Crippen LogP contribution in [0.3, 0.4) is 0 Å². The van der Waals surface area contributed by atoms with Crippen molar-refractivity contribution in [2.24, 2.45) is 0 Å². The molecule has 36 heavy (non-hydrogen) atoms. The Labute approximate surface area is 212 Å². The van der Waals surface area contributed by atoms with Crippen molar-refractivity contribution in [3.8, 4) is 11.5 Å². The molecule has 0 unspecified atom stereocenters. The highest BCUT2D eigenvalue weighted by atomic mass is 35.5. The van der Waals surface area contributed by atoms with Crippen LogP contribution in [0.1, 0.15) is 28.7 Å². The fraction of sp³-hybridized carbons (Fsp3) is 0.273. The first-order valence-corrected chi connectivity index (χ1v) is 11.9. The summed E-state index contributed by atoms with van der Waals surface area (Å²) >= 11 is 6.98. The number of carbonyl (C=O) groups excluding carboxylic acids is 2. The summed E-state index contributed by atoms with van der Waals surface area (Å²) in [5.74, 6) is 0.473. The van der Waals surface area contributed by atoms with Crippen LogP contribution in [0.15, 0.2) is 41.6 Å². The van der Waals surface area contributed by atoms with Gasteiger partial charge in [0, 0.05) is 12.1 Å². The van der Waals surface area contributed by atoms with Crippen LogP contribution in [0.2, 0.25) is 5.02 Å². The molecular weight excluding hydrogens is 523 g/mol. The van der Waals surface area contributed by atoms with Crippen LogP contribution in [-0.4, -0.2) is 39.1 Å². The Hall–Kier alpha value is -3.45. The van der Waals surface area contributed by atoms with Gasteiger partial charge in [0.15, 0.2) is 22.5 Å². The van der Waals surface area contributed by atoms with Crippen LogP contribution in [-0.2, 0) is 24.1 Å². The molecule has 2 heterocycles. The van der Waals surface area contributed by atoms with Crippen LogP contribution in [0.25, 0.3) is 0 Å². The van der Waals surface area contributed by atoms with Crippen molar-refractivity contribution in [1.82, 2.24) is 20.1 Å². The molecule has 2 amide bonds. The number of aromatic nitrogens is 3. The van der Waals surface area contributed by atoms with Gasteiger partial charge >= 0.3 is 6.18 Å². The number of nitrogens with one attached hydrogen (secondary N) is 2. The van der Waals surface area contributed by atoms with E-state index in [9.17, 15) is 22.8 Å². The Bertz CT molecular complexity index is 1300. The molecule has 0 bridgehead atoms. The van der Waals surface area contributed by atoms with Gasteiger partial charge in [0.05, 0.1) is 28.6 Å². The maximum absolute atomic E-state index is 12.9. The van der Waals surface area contributed by atoms with Crippen molar-refractivity contribution in [3.05, 3.63) is 58.4 Å². The Balaban J connectivity index is 1.35. The Morgan fingerprint density at radius 1 is 1.14 bits per heavy atom. The largest absolute Gasteiger partial charge is 0.454 e. The average molecular weight is 542 g/mol. The molecule has 0 saturated heterocycles. The number of benzene rings is 2. The summed E-state index contributed by atoms with van der Waals surface area (Å²) < 4.78 is 51.1. The van der Waals surface area contributed by atoms with Gasteiger partial charge in [-0.2, -0.15) is 13.2 Å². The summed E-state index contributed by atoms with van der Waals surface area (Å²) in [6, 6.07) is 7.54. The monoisotopic (exact) mass is 541 g/mol. The highest BCUT2D eigenvalue weighted by molar-refractivity contribution is 7.99. The maximum Gasteiger partial charge on any atom is 0.416 e. The predicted octanol–water partition coefficient (Wildman–Crippen LogP) is 4.36. The van der Waals surface area contributed by atoms with E-state index < -0.39 is 17.6 Å². The van der Waals surface area contributed by atoms with Crippen molar-refractivity contribution in [2.45, 2.75) is 31.3 Å². The quantitative estimate of drug-likeness (QED) is 0.408. The fourth-order valence-electron chi connectivity index (χ4n) is 3.29.